The second kappa shape index (κ2) is 5.16. The summed E-state index contributed by atoms with van der Waals surface area (Å²) in [6.07, 6.45) is 3.71. The highest BCUT2D eigenvalue weighted by molar-refractivity contribution is 5.38. The van der Waals surface area contributed by atoms with E-state index in [1.54, 1.807) is 11.1 Å². The first-order valence-corrected chi connectivity index (χ1v) is 8.08. The van der Waals surface area contributed by atoms with Crippen LogP contribution in [0, 0.1) is 5.92 Å². The third-order valence-corrected chi connectivity index (χ3v) is 5.54. The summed E-state index contributed by atoms with van der Waals surface area (Å²) in [4.78, 5) is 2.68. The third-order valence-electron chi connectivity index (χ3n) is 5.54. The first-order chi connectivity index (χ1) is 9.49. The van der Waals surface area contributed by atoms with Gasteiger partial charge in [0.15, 0.2) is 0 Å². The van der Waals surface area contributed by atoms with E-state index in [1.165, 1.54) is 12.8 Å². The fourth-order valence-electron chi connectivity index (χ4n) is 4.05. The minimum Gasteiger partial charge on any atom is -0.327 e. The summed E-state index contributed by atoms with van der Waals surface area (Å²) in [6, 6.07) is 10.1. The number of hydrogen-bond acceptors (Lipinski definition) is 2. The number of nitrogens with two attached hydrogens (primary N) is 1. The molecule has 1 aliphatic heterocycles. The molecule has 1 aliphatic carbocycles. The number of benzene rings is 1. The van der Waals surface area contributed by atoms with Crippen molar-refractivity contribution in [1.29, 1.82) is 0 Å². The summed E-state index contributed by atoms with van der Waals surface area (Å²) in [7, 11) is 0. The average Bonchev–Trinajstić information content (AvgIpc) is 2.43. The van der Waals surface area contributed by atoms with Crippen LogP contribution < -0.4 is 5.73 Å². The third kappa shape index (κ3) is 2.40. The van der Waals surface area contributed by atoms with Crippen LogP contribution in [0.2, 0.25) is 0 Å². The number of piperidine rings is 1. The molecular formula is C18H28N2. The molecule has 0 bridgehead atoms. The van der Waals surface area contributed by atoms with Crippen molar-refractivity contribution in [2.24, 2.45) is 11.7 Å². The van der Waals surface area contributed by atoms with Gasteiger partial charge in [0.1, 0.15) is 0 Å². The molecule has 0 radical (unpaired) electrons. The lowest BCUT2D eigenvalue weighted by Crippen LogP contribution is -2.48. The summed E-state index contributed by atoms with van der Waals surface area (Å²) >= 11 is 0. The monoisotopic (exact) mass is 272 g/mol. The van der Waals surface area contributed by atoms with Crippen LogP contribution in [-0.2, 0) is 5.41 Å². The molecule has 2 heteroatoms. The molecule has 0 spiro atoms. The van der Waals surface area contributed by atoms with Crippen molar-refractivity contribution in [3.63, 3.8) is 0 Å². The van der Waals surface area contributed by atoms with Gasteiger partial charge in [0.25, 0.3) is 0 Å². The van der Waals surface area contributed by atoms with E-state index in [0.29, 0.717) is 23.4 Å². The lowest BCUT2D eigenvalue weighted by Gasteiger charge is -2.45. The molecule has 1 aromatic carbocycles. The molecule has 20 heavy (non-hydrogen) atoms. The maximum atomic E-state index is 6.18. The molecule has 110 valence electrons. The predicted molar refractivity (Wildman–Crippen MR) is 84.8 cm³/mol. The summed E-state index contributed by atoms with van der Waals surface area (Å²) in [5.41, 5.74) is 9.62. The largest absolute Gasteiger partial charge is 0.327 e. The molecule has 2 N–H and O–H groups in total. The van der Waals surface area contributed by atoms with Gasteiger partial charge in [-0.25, -0.2) is 0 Å². The zero-order valence-electron chi connectivity index (χ0n) is 13.1. The highest BCUT2D eigenvalue weighted by atomic mass is 15.2. The first kappa shape index (κ1) is 14.1. The second-order valence-corrected chi connectivity index (χ2v) is 7.45. The topological polar surface area (TPSA) is 29.3 Å². The minimum absolute atomic E-state index is 0.324. The molecular weight excluding hydrogens is 244 g/mol. The molecule has 1 saturated heterocycles. The molecule has 1 heterocycles. The zero-order chi connectivity index (χ0) is 14.3. The standard InChI is InChI=1S/C18H28N2/c1-13-12-20(11-9-16(13)19)17-8-10-18(2,3)15-7-5-4-6-14(15)17/h4-7,13,16-17H,8-12,19H2,1-3H3. The van der Waals surface area contributed by atoms with Gasteiger partial charge in [0.2, 0.25) is 0 Å². The molecule has 3 rings (SSSR count). The number of nitrogens with zero attached hydrogens (tertiary/aromatic N) is 1. The van der Waals surface area contributed by atoms with Gasteiger partial charge in [0.05, 0.1) is 0 Å². The van der Waals surface area contributed by atoms with Crippen molar-refractivity contribution in [2.45, 2.75) is 57.5 Å². The summed E-state index contributed by atoms with van der Waals surface area (Å²) in [5.74, 6) is 0.617. The Morgan fingerprint density at radius 3 is 2.70 bits per heavy atom. The molecule has 1 fully saturated rings. The summed E-state index contributed by atoms with van der Waals surface area (Å²) < 4.78 is 0. The van der Waals surface area contributed by atoms with Crippen LogP contribution in [-0.4, -0.2) is 24.0 Å². The van der Waals surface area contributed by atoms with Crippen LogP contribution >= 0.6 is 0 Å². The minimum atomic E-state index is 0.324. The second-order valence-electron chi connectivity index (χ2n) is 7.45. The van der Waals surface area contributed by atoms with Gasteiger partial charge >= 0.3 is 0 Å². The van der Waals surface area contributed by atoms with Crippen LogP contribution in [0.5, 0.6) is 0 Å². The van der Waals surface area contributed by atoms with Gasteiger partial charge in [-0.2, -0.15) is 0 Å². The van der Waals surface area contributed by atoms with Gasteiger partial charge in [-0.15, -0.1) is 0 Å². The lowest BCUT2D eigenvalue weighted by molar-refractivity contribution is 0.0980. The molecule has 2 nitrogen and oxygen atoms in total. The molecule has 2 aliphatic rings. The Bertz CT molecular complexity index is 480. The number of hydrogen-bond donors (Lipinski definition) is 1. The van der Waals surface area contributed by atoms with Crippen LogP contribution in [0.25, 0.3) is 0 Å². The van der Waals surface area contributed by atoms with Crippen molar-refractivity contribution in [2.75, 3.05) is 13.1 Å². The van der Waals surface area contributed by atoms with E-state index in [1.807, 2.05) is 0 Å². The van der Waals surface area contributed by atoms with E-state index in [-0.39, 0.29) is 0 Å². The van der Waals surface area contributed by atoms with Crippen LogP contribution in [0.15, 0.2) is 24.3 Å². The maximum Gasteiger partial charge on any atom is 0.0351 e. The lowest BCUT2D eigenvalue weighted by atomic mass is 9.70. The van der Waals surface area contributed by atoms with E-state index in [2.05, 4.69) is 49.9 Å². The highest BCUT2D eigenvalue weighted by Crippen LogP contribution is 2.44. The first-order valence-electron chi connectivity index (χ1n) is 8.08. The Kier molecular flexibility index (Phi) is 3.64. The van der Waals surface area contributed by atoms with Crippen molar-refractivity contribution < 1.29 is 0 Å². The van der Waals surface area contributed by atoms with Crippen molar-refractivity contribution in [3.05, 3.63) is 35.4 Å². The van der Waals surface area contributed by atoms with Gasteiger partial charge in [-0.05, 0) is 41.7 Å². The van der Waals surface area contributed by atoms with Crippen LogP contribution in [0.3, 0.4) is 0 Å². The number of likely N-dealkylation sites (tertiary alicyclic amines) is 1. The molecule has 0 saturated carbocycles. The van der Waals surface area contributed by atoms with Crippen LogP contribution in [0.4, 0.5) is 0 Å². The van der Waals surface area contributed by atoms with Gasteiger partial charge < -0.3 is 5.73 Å². The molecule has 3 unspecified atom stereocenters. The Morgan fingerprint density at radius 2 is 1.95 bits per heavy atom. The Morgan fingerprint density at radius 1 is 1.20 bits per heavy atom. The van der Waals surface area contributed by atoms with E-state index >= 15 is 0 Å². The zero-order valence-corrected chi connectivity index (χ0v) is 13.1. The van der Waals surface area contributed by atoms with Gasteiger partial charge in [-0.3, -0.25) is 4.90 Å². The van der Waals surface area contributed by atoms with E-state index in [0.717, 1.165) is 19.5 Å². The van der Waals surface area contributed by atoms with Gasteiger partial charge in [0, 0.05) is 25.2 Å². The number of fused-ring (bicyclic) bond motifs is 1. The normalized spacial score (nSPS) is 33.7. The molecule has 0 aromatic heterocycles. The molecule has 3 atom stereocenters. The summed E-state index contributed by atoms with van der Waals surface area (Å²) in [5, 5.41) is 0. The quantitative estimate of drug-likeness (QED) is 0.848. The Balaban J connectivity index is 1.89. The highest BCUT2D eigenvalue weighted by Gasteiger charge is 2.36. The maximum absolute atomic E-state index is 6.18. The fraction of sp³-hybridized carbons (Fsp3) is 0.667. The van der Waals surface area contributed by atoms with E-state index in [4.69, 9.17) is 5.73 Å². The van der Waals surface area contributed by atoms with Gasteiger partial charge in [-0.1, -0.05) is 45.0 Å². The van der Waals surface area contributed by atoms with Crippen molar-refractivity contribution in [1.82, 2.24) is 4.90 Å². The molecule has 0 amide bonds. The smallest absolute Gasteiger partial charge is 0.0351 e. The Labute approximate surface area is 123 Å². The van der Waals surface area contributed by atoms with E-state index in [9.17, 15) is 0 Å². The van der Waals surface area contributed by atoms with Crippen LogP contribution in [0.1, 0.15) is 57.2 Å². The predicted octanol–water partition coefficient (Wildman–Crippen LogP) is 3.47. The van der Waals surface area contributed by atoms with Crippen molar-refractivity contribution >= 4 is 0 Å². The molecule has 1 aromatic rings. The fourth-order valence-corrected chi connectivity index (χ4v) is 4.05. The Hall–Kier alpha value is -0.860. The van der Waals surface area contributed by atoms with E-state index < -0.39 is 0 Å². The average molecular weight is 272 g/mol. The summed E-state index contributed by atoms with van der Waals surface area (Å²) in [6.45, 7) is 9.38. The number of rotatable bonds is 1. The van der Waals surface area contributed by atoms with Crippen molar-refractivity contribution in [3.8, 4) is 0 Å². The SMILES string of the molecule is CC1CN(C2CCC(C)(C)c3ccccc32)CCC1N.